The van der Waals surface area contributed by atoms with Crippen LogP contribution in [0.2, 0.25) is 0 Å². The summed E-state index contributed by atoms with van der Waals surface area (Å²) >= 11 is 0. The largest absolute Gasteiger partial charge is 0.197 e. The monoisotopic (exact) mass is 187 g/mol. The normalized spacial score (nSPS) is 11.1. The molecule has 0 unspecified atom stereocenters. The van der Waals surface area contributed by atoms with Gasteiger partial charge in [0.25, 0.3) is 0 Å². The van der Waals surface area contributed by atoms with Crippen LogP contribution in [0.1, 0.15) is 36.1 Å². The minimum atomic E-state index is -0.386. The highest BCUT2D eigenvalue weighted by Gasteiger charge is 2.22. The van der Waals surface area contributed by atoms with E-state index in [9.17, 15) is 0 Å². The van der Waals surface area contributed by atoms with E-state index in [2.05, 4.69) is 39.0 Å². The third kappa shape index (κ3) is 1.80. The highest BCUT2D eigenvalue weighted by molar-refractivity contribution is 5.42. The lowest BCUT2D eigenvalue weighted by molar-refractivity contribution is 0.680. The van der Waals surface area contributed by atoms with Gasteiger partial charge in [-0.15, -0.1) is 0 Å². The summed E-state index contributed by atoms with van der Waals surface area (Å²) in [5.74, 6) is 0. The summed E-state index contributed by atoms with van der Waals surface area (Å²) in [5.41, 5.74) is 4.51. The Morgan fingerprint density at radius 3 is 2.00 bits per heavy atom. The van der Waals surface area contributed by atoms with Crippen LogP contribution in [0.5, 0.6) is 0 Å². The lowest BCUT2D eigenvalue weighted by Crippen LogP contribution is -2.16. The number of rotatable bonds is 1. The molecule has 74 valence electrons. The molecule has 1 rings (SSSR count). The number of aryl methyl sites for hydroxylation is 3. The molecule has 0 aliphatic carbocycles. The molecule has 0 saturated heterocycles. The number of hydrogen-bond donors (Lipinski definition) is 0. The number of nitrogens with zero attached hydrogens (tertiary/aromatic N) is 1. The minimum absolute atomic E-state index is 0.386. The molecule has 0 N–H and O–H groups in total. The summed E-state index contributed by atoms with van der Waals surface area (Å²) < 4.78 is 0. The Balaban J connectivity index is 3.38. The Hall–Kier alpha value is -1.29. The van der Waals surface area contributed by atoms with E-state index in [0.29, 0.717) is 0 Å². The summed E-state index contributed by atoms with van der Waals surface area (Å²) in [6.07, 6.45) is 0. The molecule has 0 atom stereocenters. The fourth-order valence-electron chi connectivity index (χ4n) is 1.69. The molecule has 0 aliphatic rings. The molecular weight excluding hydrogens is 170 g/mol. The zero-order valence-corrected chi connectivity index (χ0v) is 9.60. The van der Waals surface area contributed by atoms with Gasteiger partial charge in [0.2, 0.25) is 0 Å². The molecule has 0 saturated carbocycles. The van der Waals surface area contributed by atoms with E-state index in [1.807, 2.05) is 13.8 Å². The smallest absolute Gasteiger partial charge is 0.0768 e. The van der Waals surface area contributed by atoms with Crippen molar-refractivity contribution in [1.29, 1.82) is 5.26 Å². The molecule has 14 heavy (non-hydrogen) atoms. The van der Waals surface area contributed by atoms with Crippen LogP contribution in [-0.2, 0) is 5.41 Å². The number of hydrogen-bond acceptors (Lipinski definition) is 1. The van der Waals surface area contributed by atoms with Crippen molar-refractivity contribution in [3.05, 3.63) is 34.4 Å². The van der Waals surface area contributed by atoms with Gasteiger partial charge < -0.3 is 0 Å². The molecule has 1 aromatic rings. The van der Waals surface area contributed by atoms with Gasteiger partial charge in [-0.05, 0) is 56.9 Å². The third-order valence-corrected chi connectivity index (χ3v) is 2.79. The molecule has 0 amide bonds. The second-order valence-corrected chi connectivity index (χ2v) is 4.49. The Morgan fingerprint density at radius 1 is 1.00 bits per heavy atom. The first-order valence-electron chi connectivity index (χ1n) is 4.88. The molecule has 0 bridgehead atoms. The first-order chi connectivity index (χ1) is 6.38. The number of nitriles is 1. The van der Waals surface area contributed by atoms with Crippen molar-refractivity contribution in [2.45, 2.75) is 40.0 Å². The van der Waals surface area contributed by atoms with Gasteiger partial charge in [0.15, 0.2) is 0 Å². The summed E-state index contributed by atoms with van der Waals surface area (Å²) in [7, 11) is 0. The average molecular weight is 187 g/mol. The van der Waals surface area contributed by atoms with Crippen molar-refractivity contribution in [3.63, 3.8) is 0 Å². The van der Waals surface area contributed by atoms with Crippen LogP contribution in [0.15, 0.2) is 12.1 Å². The van der Waals surface area contributed by atoms with E-state index in [1.165, 1.54) is 16.7 Å². The van der Waals surface area contributed by atoms with E-state index in [0.717, 1.165) is 5.56 Å². The van der Waals surface area contributed by atoms with Gasteiger partial charge >= 0.3 is 0 Å². The second kappa shape index (κ2) is 3.46. The zero-order chi connectivity index (χ0) is 10.9. The molecule has 1 heteroatoms. The van der Waals surface area contributed by atoms with Crippen molar-refractivity contribution in [2.24, 2.45) is 0 Å². The highest BCUT2D eigenvalue weighted by atomic mass is 14.3. The van der Waals surface area contributed by atoms with E-state index in [4.69, 9.17) is 5.26 Å². The van der Waals surface area contributed by atoms with E-state index >= 15 is 0 Å². The van der Waals surface area contributed by atoms with Gasteiger partial charge in [-0.2, -0.15) is 5.26 Å². The van der Waals surface area contributed by atoms with Crippen molar-refractivity contribution < 1.29 is 0 Å². The Kier molecular flexibility index (Phi) is 2.66. The second-order valence-electron chi connectivity index (χ2n) is 4.49. The van der Waals surface area contributed by atoms with Gasteiger partial charge in [0.05, 0.1) is 11.5 Å². The molecule has 0 aromatic heterocycles. The summed E-state index contributed by atoms with van der Waals surface area (Å²) in [4.78, 5) is 0. The van der Waals surface area contributed by atoms with Crippen LogP contribution >= 0.6 is 0 Å². The fraction of sp³-hybridized carbons (Fsp3) is 0.462. The Labute approximate surface area is 86.4 Å². The predicted octanol–water partition coefficient (Wildman–Crippen LogP) is 3.41. The molecule has 0 spiro atoms. The van der Waals surface area contributed by atoms with Crippen LogP contribution in [-0.4, -0.2) is 0 Å². The quantitative estimate of drug-likeness (QED) is 0.661. The van der Waals surface area contributed by atoms with Crippen LogP contribution in [0.4, 0.5) is 0 Å². The zero-order valence-electron chi connectivity index (χ0n) is 9.60. The first kappa shape index (κ1) is 10.8. The average Bonchev–Trinajstić information content (AvgIpc) is 2.11. The van der Waals surface area contributed by atoms with Gasteiger partial charge in [0, 0.05) is 0 Å². The predicted molar refractivity (Wildman–Crippen MR) is 59.3 cm³/mol. The molecule has 1 nitrogen and oxygen atoms in total. The molecule has 0 fully saturated rings. The van der Waals surface area contributed by atoms with Gasteiger partial charge in [-0.3, -0.25) is 0 Å². The molecule has 0 aliphatic heterocycles. The first-order valence-corrected chi connectivity index (χ1v) is 4.88. The van der Waals surface area contributed by atoms with Crippen molar-refractivity contribution in [2.75, 3.05) is 0 Å². The SMILES string of the molecule is Cc1cc(C)c(C(C)(C)C#N)cc1C. The van der Waals surface area contributed by atoms with Crippen molar-refractivity contribution in [3.8, 4) is 6.07 Å². The summed E-state index contributed by atoms with van der Waals surface area (Å²) in [6.45, 7) is 10.2. The van der Waals surface area contributed by atoms with Crippen molar-refractivity contribution >= 4 is 0 Å². The summed E-state index contributed by atoms with van der Waals surface area (Å²) in [6, 6.07) is 6.63. The van der Waals surface area contributed by atoms with E-state index in [-0.39, 0.29) is 5.41 Å². The van der Waals surface area contributed by atoms with Crippen LogP contribution in [0.3, 0.4) is 0 Å². The molecule has 0 heterocycles. The molecular formula is C13H17N. The highest BCUT2D eigenvalue weighted by Crippen LogP contribution is 2.27. The number of benzene rings is 1. The Morgan fingerprint density at radius 2 is 1.50 bits per heavy atom. The van der Waals surface area contributed by atoms with Gasteiger partial charge in [0.1, 0.15) is 0 Å². The van der Waals surface area contributed by atoms with E-state index in [1.54, 1.807) is 0 Å². The van der Waals surface area contributed by atoms with Crippen LogP contribution in [0, 0.1) is 32.1 Å². The lowest BCUT2D eigenvalue weighted by atomic mass is 9.82. The topological polar surface area (TPSA) is 23.8 Å². The fourth-order valence-corrected chi connectivity index (χ4v) is 1.69. The van der Waals surface area contributed by atoms with Gasteiger partial charge in [-0.1, -0.05) is 12.1 Å². The maximum atomic E-state index is 9.08. The maximum absolute atomic E-state index is 9.08. The third-order valence-electron chi connectivity index (χ3n) is 2.79. The van der Waals surface area contributed by atoms with Crippen LogP contribution < -0.4 is 0 Å². The molecule has 0 radical (unpaired) electrons. The van der Waals surface area contributed by atoms with Gasteiger partial charge in [-0.25, -0.2) is 0 Å². The maximum Gasteiger partial charge on any atom is 0.0768 e. The standard InChI is InChI=1S/C13H17N/c1-9-6-11(3)12(7-10(9)2)13(4,5)8-14/h6-7H,1-5H3. The molecule has 1 aromatic carbocycles. The lowest BCUT2D eigenvalue weighted by Gasteiger charge is -2.20. The Bertz CT molecular complexity index is 394. The van der Waals surface area contributed by atoms with Crippen molar-refractivity contribution in [1.82, 2.24) is 0 Å². The summed E-state index contributed by atoms with van der Waals surface area (Å²) in [5, 5.41) is 9.08. The van der Waals surface area contributed by atoms with Crippen LogP contribution in [0.25, 0.3) is 0 Å². The van der Waals surface area contributed by atoms with E-state index < -0.39 is 0 Å². The minimum Gasteiger partial charge on any atom is -0.197 e.